The van der Waals surface area contributed by atoms with Crippen LogP contribution in [0.5, 0.6) is 0 Å². The molecule has 26 heavy (non-hydrogen) atoms. The highest BCUT2D eigenvalue weighted by Crippen LogP contribution is 2.21. The van der Waals surface area contributed by atoms with Crippen LogP contribution in [0.1, 0.15) is 44.1 Å². The summed E-state index contributed by atoms with van der Waals surface area (Å²) in [6, 6.07) is 6.93. The normalized spacial score (nSPS) is 21.6. The molecule has 0 aliphatic carbocycles. The maximum absolute atomic E-state index is 12.6. The number of aryl methyl sites for hydroxylation is 1. The van der Waals surface area contributed by atoms with Gasteiger partial charge in [-0.3, -0.25) is 4.79 Å². The third-order valence-electron chi connectivity index (χ3n) is 5.07. The number of amides is 1. The van der Waals surface area contributed by atoms with Crippen LogP contribution in [0.2, 0.25) is 0 Å². The highest BCUT2D eigenvalue weighted by atomic mass is 32.2. The minimum atomic E-state index is -3.39. The van der Waals surface area contributed by atoms with Crippen LogP contribution < -0.4 is 5.32 Å². The van der Waals surface area contributed by atoms with E-state index in [-0.39, 0.29) is 12.0 Å². The van der Waals surface area contributed by atoms with E-state index in [1.165, 1.54) is 0 Å². The van der Waals surface area contributed by atoms with Gasteiger partial charge in [-0.1, -0.05) is 18.6 Å². The van der Waals surface area contributed by atoms with E-state index in [2.05, 4.69) is 5.32 Å². The molecule has 2 fully saturated rings. The number of benzene rings is 1. The molecular formula is C19H28N2O4S. The lowest BCUT2D eigenvalue weighted by Crippen LogP contribution is -2.35. The van der Waals surface area contributed by atoms with Gasteiger partial charge in [0, 0.05) is 32.7 Å². The first-order chi connectivity index (χ1) is 12.6. The molecule has 0 spiro atoms. The van der Waals surface area contributed by atoms with Crippen molar-refractivity contribution < 1.29 is 17.9 Å². The van der Waals surface area contributed by atoms with Crippen LogP contribution in [0.15, 0.2) is 29.2 Å². The van der Waals surface area contributed by atoms with Gasteiger partial charge in [0.25, 0.3) is 0 Å². The summed E-state index contributed by atoms with van der Waals surface area (Å²) in [6.45, 7) is 2.57. The molecule has 1 aromatic rings. The molecule has 144 valence electrons. The van der Waals surface area contributed by atoms with Crippen LogP contribution in [0, 0.1) is 0 Å². The third-order valence-corrected chi connectivity index (χ3v) is 6.98. The van der Waals surface area contributed by atoms with Crippen LogP contribution in [-0.2, 0) is 26.0 Å². The summed E-state index contributed by atoms with van der Waals surface area (Å²) in [5.74, 6) is 0.00511. The van der Waals surface area contributed by atoms with Crippen LogP contribution >= 0.6 is 0 Å². The largest absolute Gasteiger partial charge is 0.376 e. The number of piperidine rings is 1. The molecule has 6 nitrogen and oxygen atoms in total. The Morgan fingerprint density at radius 2 is 1.85 bits per heavy atom. The zero-order chi connectivity index (χ0) is 18.4. The van der Waals surface area contributed by atoms with Crippen molar-refractivity contribution in [1.82, 2.24) is 9.62 Å². The summed E-state index contributed by atoms with van der Waals surface area (Å²) in [6.07, 6.45) is 6.17. The zero-order valence-electron chi connectivity index (χ0n) is 15.2. The SMILES string of the molecule is O=C(CCc1ccc(S(=O)(=O)N2CCCCC2)cc1)NC[C@H]1CCCO1. The van der Waals surface area contributed by atoms with Gasteiger partial charge < -0.3 is 10.1 Å². The Hall–Kier alpha value is -1.44. The fourth-order valence-corrected chi connectivity index (χ4v) is 4.98. The molecule has 1 atom stereocenters. The van der Waals surface area contributed by atoms with Crippen molar-refractivity contribution in [1.29, 1.82) is 0 Å². The quantitative estimate of drug-likeness (QED) is 0.786. The van der Waals surface area contributed by atoms with E-state index in [1.54, 1.807) is 16.4 Å². The van der Waals surface area contributed by atoms with Gasteiger partial charge in [0.1, 0.15) is 0 Å². The number of nitrogens with one attached hydrogen (secondary N) is 1. The van der Waals surface area contributed by atoms with Gasteiger partial charge in [-0.15, -0.1) is 0 Å². The lowest BCUT2D eigenvalue weighted by molar-refractivity contribution is -0.121. The maximum atomic E-state index is 12.6. The Bertz CT molecular complexity index is 691. The number of hydrogen-bond acceptors (Lipinski definition) is 4. The number of carbonyl (C=O) groups is 1. The third kappa shape index (κ3) is 5.05. The molecule has 1 aromatic carbocycles. The van der Waals surface area contributed by atoms with Crippen molar-refractivity contribution in [2.45, 2.75) is 55.9 Å². The molecule has 0 saturated carbocycles. The molecule has 0 bridgehead atoms. The average Bonchev–Trinajstić information content (AvgIpc) is 3.19. The molecule has 2 heterocycles. The molecule has 1 N–H and O–H groups in total. The van der Waals surface area contributed by atoms with Crippen molar-refractivity contribution in [2.24, 2.45) is 0 Å². The number of carbonyl (C=O) groups excluding carboxylic acids is 1. The summed E-state index contributed by atoms with van der Waals surface area (Å²) in [7, 11) is -3.39. The average molecular weight is 381 g/mol. The fourth-order valence-electron chi connectivity index (χ4n) is 3.46. The van der Waals surface area contributed by atoms with E-state index in [0.29, 0.717) is 37.4 Å². The van der Waals surface area contributed by atoms with Crippen molar-refractivity contribution in [3.05, 3.63) is 29.8 Å². The Labute approximate surface area is 156 Å². The van der Waals surface area contributed by atoms with E-state index < -0.39 is 10.0 Å². The number of hydrogen-bond donors (Lipinski definition) is 1. The van der Waals surface area contributed by atoms with Crippen molar-refractivity contribution in [3.63, 3.8) is 0 Å². The molecule has 2 aliphatic rings. The molecule has 7 heteroatoms. The predicted octanol–water partition coefficient (Wildman–Crippen LogP) is 2.09. The summed E-state index contributed by atoms with van der Waals surface area (Å²) in [4.78, 5) is 12.3. The fraction of sp³-hybridized carbons (Fsp3) is 0.632. The van der Waals surface area contributed by atoms with Crippen molar-refractivity contribution in [2.75, 3.05) is 26.2 Å². The second-order valence-electron chi connectivity index (χ2n) is 7.05. The maximum Gasteiger partial charge on any atom is 0.243 e. The van der Waals surface area contributed by atoms with Gasteiger partial charge in [-0.2, -0.15) is 4.31 Å². The van der Waals surface area contributed by atoms with E-state index in [4.69, 9.17) is 4.74 Å². The van der Waals surface area contributed by atoms with Crippen molar-refractivity contribution >= 4 is 15.9 Å². The first-order valence-corrected chi connectivity index (χ1v) is 11.0. The topological polar surface area (TPSA) is 75.7 Å². The Morgan fingerprint density at radius 3 is 2.50 bits per heavy atom. The van der Waals surface area contributed by atoms with Gasteiger partial charge in [0.2, 0.25) is 15.9 Å². The molecule has 3 rings (SSSR count). The molecular weight excluding hydrogens is 352 g/mol. The standard InChI is InChI=1S/C19H28N2O4S/c22-19(20-15-17-5-4-14-25-17)11-8-16-6-9-18(10-7-16)26(23,24)21-12-2-1-3-13-21/h6-7,9-10,17H,1-5,8,11-15H2,(H,20,22)/t17-/m1/s1. The molecule has 2 saturated heterocycles. The van der Waals surface area contributed by atoms with Gasteiger partial charge in [-0.05, 0) is 49.8 Å². The van der Waals surface area contributed by atoms with Crippen LogP contribution in [0.25, 0.3) is 0 Å². The smallest absolute Gasteiger partial charge is 0.243 e. The zero-order valence-corrected chi connectivity index (χ0v) is 16.0. The highest BCUT2D eigenvalue weighted by Gasteiger charge is 2.25. The molecule has 0 aromatic heterocycles. The first kappa shape index (κ1) is 19.3. The number of sulfonamides is 1. The van der Waals surface area contributed by atoms with E-state index in [1.807, 2.05) is 12.1 Å². The lowest BCUT2D eigenvalue weighted by Gasteiger charge is -2.25. The minimum absolute atomic E-state index is 0.00511. The highest BCUT2D eigenvalue weighted by molar-refractivity contribution is 7.89. The molecule has 2 aliphatic heterocycles. The molecule has 0 unspecified atom stereocenters. The Kier molecular flexibility index (Phi) is 6.67. The van der Waals surface area contributed by atoms with E-state index >= 15 is 0 Å². The molecule has 1 amide bonds. The Balaban J connectivity index is 1.48. The number of rotatable bonds is 7. The second-order valence-corrected chi connectivity index (χ2v) is 8.99. The number of ether oxygens (including phenoxy) is 1. The summed E-state index contributed by atoms with van der Waals surface area (Å²) in [5, 5.41) is 2.91. The van der Waals surface area contributed by atoms with Crippen LogP contribution in [0.3, 0.4) is 0 Å². The van der Waals surface area contributed by atoms with Crippen molar-refractivity contribution in [3.8, 4) is 0 Å². The van der Waals surface area contributed by atoms with Gasteiger partial charge in [0.05, 0.1) is 11.0 Å². The minimum Gasteiger partial charge on any atom is -0.376 e. The molecule has 0 radical (unpaired) electrons. The lowest BCUT2D eigenvalue weighted by atomic mass is 10.1. The predicted molar refractivity (Wildman–Crippen MR) is 99.4 cm³/mol. The van der Waals surface area contributed by atoms with E-state index in [9.17, 15) is 13.2 Å². The first-order valence-electron chi connectivity index (χ1n) is 9.53. The second kappa shape index (κ2) is 8.97. The Morgan fingerprint density at radius 1 is 1.12 bits per heavy atom. The van der Waals surface area contributed by atoms with Crippen LogP contribution in [-0.4, -0.2) is 51.0 Å². The number of nitrogens with zero attached hydrogens (tertiary/aromatic N) is 1. The summed E-state index contributed by atoms with van der Waals surface area (Å²) < 4.78 is 32.3. The summed E-state index contributed by atoms with van der Waals surface area (Å²) >= 11 is 0. The van der Waals surface area contributed by atoms with Crippen LogP contribution in [0.4, 0.5) is 0 Å². The monoisotopic (exact) mass is 380 g/mol. The van der Waals surface area contributed by atoms with E-state index in [0.717, 1.165) is 44.3 Å². The van der Waals surface area contributed by atoms with Gasteiger partial charge in [0.15, 0.2) is 0 Å². The summed E-state index contributed by atoms with van der Waals surface area (Å²) in [5.41, 5.74) is 0.967. The van der Waals surface area contributed by atoms with Gasteiger partial charge >= 0.3 is 0 Å². The van der Waals surface area contributed by atoms with Gasteiger partial charge in [-0.25, -0.2) is 8.42 Å².